The van der Waals surface area contributed by atoms with E-state index < -0.39 is 0 Å². The van der Waals surface area contributed by atoms with Gasteiger partial charge in [-0.3, -0.25) is 4.99 Å². The molecule has 0 radical (unpaired) electrons. The summed E-state index contributed by atoms with van der Waals surface area (Å²) in [6, 6.07) is 11.6. The lowest BCUT2D eigenvalue weighted by molar-refractivity contribution is 0.311. The molecule has 0 amide bonds. The van der Waals surface area contributed by atoms with Crippen LogP contribution in [-0.2, 0) is 6.54 Å². The zero-order chi connectivity index (χ0) is 18.9. The van der Waals surface area contributed by atoms with E-state index in [0.29, 0.717) is 35.2 Å². The summed E-state index contributed by atoms with van der Waals surface area (Å²) in [4.78, 5) is 4.12. The van der Waals surface area contributed by atoms with Crippen LogP contribution in [0.2, 0.25) is 0 Å². The number of nitrogens with zero attached hydrogens (tertiary/aromatic N) is 2. The van der Waals surface area contributed by atoms with Crippen molar-refractivity contribution in [3.63, 3.8) is 0 Å². The van der Waals surface area contributed by atoms with Gasteiger partial charge in [0.1, 0.15) is 5.82 Å². The topological polar surface area (TPSA) is 78.7 Å². The Kier molecular flexibility index (Phi) is 9.36. The van der Waals surface area contributed by atoms with Gasteiger partial charge in [0.05, 0.1) is 25.3 Å². The van der Waals surface area contributed by atoms with E-state index in [1.807, 2.05) is 19.1 Å². The monoisotopic (exact) mass is 484 g/mol. The molecule has 8 heteroatoms. The van der Waals surface area contributed by atoms with Gasteiger partial charge in [0.2, 0.25) is 0 Å². The van der Waals surface area contributed by atoms with Crippen LogP contribution in [0.15, 0.2) is 41.4 Å². The molecule has 0 atom stereocenters. The fourth-order valence-electron chi connectivity index (χ4n) is 2.29. The number of ether oxygens (including phenoxy) is 2. The van der Waals surface area contributed by atoms with Gasteiger partial charge < -0.3 is 20.1 Å². The number of nitrogens with one attached hydrogen (secondary N) is 2. The first kappa shape index (κ1) is 22.5. The first-order chi connectivity index (χ1) is 12.6. The summed E-state index contributed by atoms with van der Waals surface area (Å²) in [6.07, 6.45) is 0. The maximum atomic E-state index is 13.9. The average molecular weight is 484 g/mol. The predicted octanol–water partition coefficient (Wildman–Crippen LogP) is 3.91. The number of hydrogen-bond donors (Lipinski definition) is 2. The van der Waals surface area contributed by atoms with Gasteiger partial charge in [0.25, 0.3) is 0 Å². The molecule has 0 aliphatic rings. The molecule has 0 aromatic heterocycles. The van der Waals surface area contributed by atoms with E-state index in [0.717, 1.165) is 5.69 Å². The fourth-order valence-corrected chi connectivity index (χ4v) is 2.29. The Hall–Kier alpha value is -2.54. The molecule has 0 aliphatic heterocycles. The summed E-state index contributed by atoms with van der Waals surface area (Å²) in [6.45, 7) is 2.63. The lowest BCUT2D eigenvalue weighted by Gasteiger charge is -2.15. The van der Waals surface area contributed by atoms with Crippen molar-refractivity contribution in [2.24, 2.45) is 4.99 Å². The van der Waals surface area contributed by atoms with Crippen LogP contribution in [0, 0.1) is 17.1 Å². The van der Waals surface area contributed by atoms with Crippen molar-refractivity contribution in [2.75, 3.05) is 26.1 Å². The second kappa shape index (κ2) is 11.2. The van der Waals surface area contributed by atoms with E-state index >= 15 is 0 Å². The van der Waals surface area contributed by atoms with Crippen molar-refractivity contribution < 1.29 is 13.9 Å². The van der Waals surface area contributed by atoms with Gasteiger partial charge in [0, 0.05) is 30.9 Å². The number of hydrogen-bond acceptors (Lipinski definition) is 4. The normalized spacial score (nSPS) is 10.4. The Balaban J connectivity index is 0.00000364. The number of anilines is 1. The van der Waals surface area contributed by atoms with E-state index in [-0.39, 0.29) is 36.3 Å². The number of methoxy groups -OCH3 is 1. The molecule has 0 fully saturated rings. The van der Waals surface area contributed by atoms with Crippen molar-refractivity contribution in [1.82, 2.24) is 5.32 Å². The van der Waals surface area contributed by atoms with Gasteiger partial charge in [-0.15, -0.1) is 24.0 Å². The molecule has 2 aromatic carbocycles. The highest BCUT2D eigenvalue weighted by atomic mass is 127. The number of aliphatic imine (C=N–C) groups is 1. The summed E-state index contributed by atoms with van der Waals surface area (Å²) < 4.78 is 24.7. The van der Waals surface area contributed by atoms with Crippen molar-refractivity contribution in [3.8, 4) is 17.6 Å². The van der Waals surface area contributed by atoms with Crippen LogP contribution in [0.4, 0.5) is 10.1 Å². The van der Waals surface area contributed by atoms with Crippen LogP contribution >= 0.6 is 24.0 Å². The third-order valence-corrected chi connectivity index (χ3v) is 3.57. The van der Waals surface area contributed by atoms with E-state index in [2.05, 4.69) is 15.6 Å². The minimum Gasteiger partial charge on any atom is -0.493 e. The van der Waals surface area contributed by atoms with Crippen LogP contribution in [0.25, 0.3) is 0 Å². The minimum atomic E-state index is -0.380. The molecule has 0 saturated carbocycles. The smallest absolute Gasteiger partial charge is 0.195 e. The SMILES string of the molecule is CCOc1ccc(NC(=NC)NCc2cc(C#N)ccc2F)cc1OC.I. The summed E-state index contributed by atoms with van der Waals surface area (Å²) in [5, 5.41) is 15.1. The molecule has 0 spiro atoms. The summed E-state index contributed by atoms with van der Waals surface area (Å²) in [5.41, 5.74) is 1.53. The van der Waals surface area contributed by atoms with Crippen LogP contribution in [0.5, 0.6) is 11.5 Å². The third-order valence-electron chi connectivity index (χ3n) is 3.57. The molecule has 6 nitrogen and oxygen atoms in total. The zero-order valence-electron chi connectivity index (χ0n) is 15.4. The molecule has 0 unspecified atom stereocenters. The molecule has 27 heavy (non-hydrogen) atoms. The third kappa shape index (κ3) is 6.29. The quantitative estimate of drug-likeness (QED) is 0.370. The van der Waals surface area contributed by atoms with Crippen molar-refractivity contribution in [1.29, 1.82) is 5.26 Å². The molecule has 2 aromatic rings. The van der Waals surface area contributed by atoms with E-state index in [9.17, 15) is 4.39 Å². The molecular formula is C19H22FIN4O2. The van der Waals surface area contributed by atoms with Crippen molar-refractivity contribution in [3.05, 3.63) is 53.3 Å². The molecule has 0 aliphatic carbocycles. The number of benzene rings is 2. The maximum Gasteiger partial charge on any atom is 0.195 e. The van der Waals surface area contributed by atoms with Crippen LogP contribution in [0.3, 0.4) is 0 Å². The lowest BCUT2D eigenvalue weighted by Crippen LogP contribution is -2.30. The maximum absolute atomic E-state index is 13.9. The highest BCUT2D eigenvalue weighted by Gasteiger charge is 2.08. The Morgan fingerprint density at radius 3 is 2.63 bits per heavy atom. The van der Waals surface area contributed by atoms with Crippen LogP contribution in [-0.4, -0.2) is 26.7 Å². The average Bonchev–Trinajstić information content (AvgIpc) is 2.67. The Morgan fingerprint density at radius 1 is 1.22 bits per heavy atom. The molecule has 0 heterocycles. The molecule has 2 N–H and O–H groups in total. The zero-order valence-corrected chi connectivity index (χ0v) is 17.7. The number of guanidine groups is 1. The number of halogens is 2. The van der Waals surface area contributed by atoms with Gasteiger partial charge in [-0.05, 0) is 37.3 Å². The van der Waals surface area contributed by atoms with Gasteiger partial charge in [-0.1, -0.05) is 0 Å². The van der Waals surface area contributed by atoms with E-state index in [1.165, 1.54) is 18.2 Å². The van der Waals surface area contributed by atoms with Crippen molar-refractivity contribution in [2.45, 2.75) is 13.5 Å². The first-order valence-electron chi connectivity index (χ1n) is 8.08. The van der Waals surface area contributed by atoms with Crippen molar-refractivity contribution >= 4 is 35.6 Å². The molecule has 2 rings (SSSR count). The predicted molar refractivity (Wildman–Crippen MR) is 115 cm³/mol. The van der Waals surface area contributed by atoms with Gasteiger partial charge in [-0.25, -0.2) is 4.39 Å². The fraction of sp³-hybridized carbons (Fsp3) is 0.263. The largest absolute Gasteiger partial charge is 0.493 e. The summed E-state index contributed by atoms with van der Waals surface area (Å²) in [5.74, 6) is 1.33. The first-order valence-corrected chi connectivity index (χ1v) is 8.08. The standard InChI is InChI=1S/C19H21FN4O2.HI/c1-4-26-17-8-6-15(10-18(17)25-3)24-19(22-2)23-12-14-9-13(11-21)5-7-16(14)20;/h5-10H,4,12H2,1-3H3,(H2,22,23,24);1H. The molecular weight excluding hydrogens is 462 g/mol. The second-order valence-corrected chi connectivity index (χ2v) is 5.27. The highest BCUT2D eigenvalue weighted by Crippen LogP contribution is 2.30. The number of nitriles is 1. The lowest BCUT2D eigenvalue weighted by atomic mass is 10.1. The molecule has 0 saturated heterocycles. The Labute approximate surface area is 175 Å². The van der Waals surface area contributed by atoms with Crippen LogP contribution < -0.4 is 20.1 Å². The summed E-state index contributed by atoms with van der Waals surface area (Å²) >= 11 is 0. The highest BCUT2D eigenvalue weighted by molar-refractivity contribution is 14.0. The Morgan fingerprint density at radius 2 is 2.00 bits per heavy atom. The van der Waals surface area contributed by atoms with Crippen LogP contribution in [0.1, 0.15) is 18.1 Å². The van der Waals surface area contributed by atoms with Gasteiger partial charge in [-0.2, -0.15) is 5.26 Å². The number of rotatable bonds is 6. The summed E-state index contributed by atoms with van der Waals surface area (Å²) in [7, 11) is 3.18. The van der Waals surface area contributed by atoms with E-state index in [4.69, 9.17) is 14.7 Å². The second-order valence-electron chi connectivity index (χ2n) is 5.27. The molecule has 0 bridgehead atoms. The van der Waals surface area contributed by atoms with Gasteiger partial charge in [0.15, 0.2) is 17.5 Å². The van der Waals surface area contributed by atoms with E-state index in [1.54, 1.807) is 26.3 Å². The molecule has 144 valence electrons. The minimum absolute atomic E-state index is 0. The Bertz CT molecular complexity index is 837. The van der Waals surface area contributed by atoms with Gasteiger partial charge >= 0.3 is 0 Å².